The number of nitrogens with one attached hydrogen (secondary N) is 3. The number of benzene rings is 3. The predicted octanol–water partition coefficient (Wildman–Crippen LogP) is 4.04. The van der Waals surface area contributed by atoms with Crippen LogP contribution >= 0.6 is 11.6 Å². The van der Waals surface area contributed by atoms with Gasteiger partial charge in [-0.2, -0.15) is 0 Å². The molecular formula is C32H29ClN4O5. The van der Waals surface area contributed by atoms with E-state index in [1.54, 1.807) is 38.5 Å². The quantitative estimate of drug-likeness (QED) is 0.283. The lowest BCUT2D eigenvalue weighted by molar-refractivity contribution is -0.142. The Hall–Kier alpha value is -4.34. The number of H-pyrrole nitrogens is 1. The number of carbonyl (C=O) groups excluding carboxylic acids is 3. The summed E-state index contributed by atoms with van der Waals surface area (Å²) in [5, 5.41) is 7.84. The summed E-state index contributed by atoms with van der Waals surface area (Å²) in [5.74, 6) is -1.47. The molecule has 4 aromatic rings. The van der Waals surface area contributed by atoms with Crippen LogP contribution in [0.25, 0.3) is 10.9 Å². The maximum absolute atomic E-state index is 14.2. The fourth-order valence-corrected chi connectivity index (χ4v) is 7.28. The number of carbonyl (C=O) groups is 3. The molecule has 2 saturated heterocycles. The summed E-state index contributed by atoms with van der Waals surface area (Å²) in [7, 11) is 3.13. The molecule has 4 atom stereocenters. The number of rotatable bonds is 7. The zero-order valence-electron chi connectivity index (χ0n) is 23.1. The maximum Gasteiger partial charge on any atom is 0.250 e. The van der Waals surface area contributed by atoms with Crippen LogP contribution in [0.2, 0.25) is 5.02 Å². The van der Waals surface area contributed by atoms with Gasteiger partial charge in [0, 0.05) is 35.2 Å². The first-order valence-corrected chi connectivity index (χ1v) is 14.2. The highest BCUT2D eigenvalue weighted by atomic mass is 35.5. The first kappa shape index (κ1) is 26.6. The highest BCUT2D eigenvalue weighted by Gasteiger charge is 2.70. The molecule has 1 aromatic heterocycles. The highest BCUT2D eigenvalue weighted by Crippen LogP contribution is 2.54. The minimum Gasteiger partial charge on any atom is -0.493 e. The molecule has 0 saturated carbocycles. The van der Waals surface area contributed by atoms with Crippen LogP contribution in [0.15, 0.2) is 66.9 Å². The summed E-state index contributed by atoms with van der Waals surface area (Å²) in [5.41, 5.74) is 2.55. The van der Waals surface area contributed by atoms with E-state index in [1.165, 1.54) is 4.90 Å². The van der Waals surface area contributed by atoms with E-state index in [9.17, 15) is 14.4 Å². The lowest BCUT2D eigenvalue weighted by Crippen LogP contribution is -2.53. The fraction of sp³-hybridized carbons (Fsp3) is 0.281. The molecule has 2 fully saturated rings. The van der Waals surface area contributed by atoms with Crippen molar-refractivity contribution in [2.24, 2.45) is 11.8 Å². The molecule has 3 aliphatic heterocycles. The van der Waals surface area contributed by atoms with Gasteiger partial charge in [0.05, 0.1) is 36.8 Å². The second-order valence-corrected chi connectivity index (χ2v) is 11.4. The van der Waals surface area contributed by atoms with Crippen molar-refractivity contribution in [2.75, 3.05) is 26.1 Å². The number of anilines is 1. The van der Waals surface area contributed by atoms with Crippen molar-refractivity contribution in [2.45, 2.75) is 24.4 Å². The molecule has 9 nitrogen and oxygen atoms in total. The molecule has 3 amide bonds. The number of aromatic amines is 1. The summed E-state index contributed by atoms with van der Waals surface area (Å²) >= 11 is 6.49. The number of hydrogen-bond donors (Lipinski definition) is 3. The second kappa shape index (κ2) is 9.89. The van der Waals surface area contributed by atoms with E-state index < -0.39 is 23.4 Å². The molecule has 214 valence electrons. The van der Waals surface area contributed by atoms with Crippen LogP contribution in [0, 0.1) is 11.8 Å². The third-order valence-corrected chi connectivity index (χ3v) is 9.29. The number of aromatic nitrogens is 1. The Labute approximate surface area is 247 Å². The van der Waals surface area contributed by atoms with E-state index in [1.807, 2.05) is 42.6 Å². The Kier molecular flexibility index (Phi) is 6.25. The van der Waals surface area contributed by atoms with Crippen molar-refractivity contribution in [3.8, 4) is 11.5 Å². The van der Waals surface area contributed by atoms with E-state index in [2.05, 4.69) is 15.6 Å². The molecule has 3 N–H and O–H groups in total. The Balaban J connectivity index is 1.26. The molecule has 0 unspecified atom stereocenters. The van der Waals surface area contributed by atoms with Gasteiger partial charge in [0.2, 0.25) is 17.7 Å². The van der Waals surface area contributed by atoms with E-state index >= 15 is 0 Å². The lowest BCUT2D eigenvalue weighted by Gasteiger charge is -2.29. The van der Waals surface area contributed by atoms with E-state index in [0.717, 1.165) is 22.0 Å². The molecule has 0 radical (unpaired) electrons. The Morgan fingerprint density at radius 1 is 0.952 bits per heavy atom. The number of para-hydroxylation sites is 2. The second-order valence-electron chi connectivity index (χ2n) is 11.0. The number of imide groups is 1. The number of methoxy groups -OCH3 is 2. The third kappa shape index (κ3) is 3.77. The first-order chi connectivity index (χ1) is 20.4. The Morgan fingerprint density at radius 3 is 2.57 bits per heavy atom. The summed E-state index contributed by atoms with van der Waals surface area (Å²) < 4.78 is 10.8. The largest absolute Gasteiger partial charge is 0.493 e. The van der Waals surface area contributed by atoms with Gasteiger partial charge in [-0.3, -0.25) is 24.6 Å². The molecule has 3 aromatic carbocycles. The van der Waals surface area contributed by atoms with Crippen LogP contribution < -0.4 is 20.1 Å². The molecule has 1 spiro atoms. The molecule has 0 aliphatic carbocycles. The molecule has 42 heavy (non-hydrogen) atoms. The Morgan fingerprint density at radius 2 is 1.76 bits per heavy atom. The molecular weight excluding hydrogens is 556 g/mol. The summed E-state index contributed by atoms with van der Waals surface area (Å²) in [6.07, 6.45) is 2.82. The van der Waals surface area contributed by atoms with Crippen LogP contribution in [0.4, 0.5) is 5.69 Å². The SMILES string of the molecule is COc1ccc(CCN2C(=O)[C@@H]3[C@H](Cc4c[nH]c5ccccc45)N[C@]4(C(=O)Nc5c(Cl)cccc54)[C@H]3C2=O)cc1OC. The van der Waals surface area contributed by atoms with Crippen LogP contribution in [-0.4, -0.2) is 54.4 Å². The van der Waals surface area contributed by atoms with Crippen LogP contribution in [0.5, 0.6) is 11.5 Å². The topological polar surface area (TPSA) is 113 Å². The number of amides is 3. The average molecular weight is 585 g/mol. The van der Waals surface area contributed by atoms with Gasteiger partial charge in [-0.15, -0.1) is 0 Å². The van der Waals surface area contributed by atoms with Gasteiger partial charge in [-0.25, -0.2) is 0 Å². The zero-order valence-corrected chi connectivity index (χ0v) is 23.8. The molecule has 3 aliphatic rings. The van der Waals surface area contributed by atoms with Crippen molar-refractivity contribution in [1.82, 2.24) is 15.2 Å². The number of fused-ring (bicyclic) bond motifs is 5. The van der Waals surface area contributed by atoms with E-state index in [-0.39, 0.29) is 24.3 Å². The minimum atomic E-state index is -1.41. The van der Waals surface area contributed by atoms with Gasteiger partial charge in [-0.05, 0) is 48.2 Å². The van der Waals surface area contributed by atoms with Gasteiger partial charge >= 0.3 is 0 Å². The van der Waals surface area contributed by atoms with Gasteiger partial charge < -0.3 is 19.8 Å². The minimum absolute atomic E-state index is 0.181. The normalized spacial score (nSPS) is 24.4. The van der Waals surface area contributed by atoms with Crippen molar-refractivity contribution in [3.63, 3.8) is 0 Å². The van der Waals surface area contributed by atoms with Crippen molar-refractivity contribution in [1.29, 1.82) is 0 Å². The first-order valence-electron chi connectivity index (χ1n) is 13.9. The average Bonchev–Trinajstić information content (AvgIpc) is 3.71. The molecule has 10 heteroatoms. The number of hydrogen-bond acceptors (Lipinski definition) is 6. The molecule has 0 bridgehead atoms. The van der Waals surface area contributed by atoms with Crippen molar-refractivity contribution in [3.05, 3.63) is 88.6 Å². The van der Waals surface area contributed by atoms with Gasteiger partial charge in [0.1, 0.15) is 5.54 Å². The number of likely N-dealkylation sites (tertiary alicyclic amines) is 1. The van der Waals surface area contributed by atoms with E-state index in [4.69, 9.17) is 21.1 Å². The van der Waals surface area contributed by atoms with Crippen molar-refractivity contribution < 1.29 is 23.9 Å². The van der Waals surface area contributed by atoms with Gasteiger partial charge in [0.15, 0.2) is 11.5 Å². The van der Waals surface area contributed by atoms with Crippen LogP contribution in [-0.2, 0) is 32.8 Å². The zero-order chi connectivity index (χ0) is 29.2. The highest BCUT2D eigenvalue weighted by molar-refractivity contribution is 6.35. The summed E-state index contributed by atoms with van der Waals surface area (Å²) in [6, 6.07) is 18.3. The van der Waals surface area contributed by atoms with Gasteiger partial charge in [-0.1, -0.05) is 48.0 Å². The summed E-state index contributed by atoms with van der Waals surface area (Å²) in [6.45, 7) is 0.181. The smallest absolute Gasteiger partial charge is 0.250 e. The monoisotopic (exact) mass is 584 g/mol. The third-order valence-electron chi connectivity index (χ3n) is 8.98. The fourth-order valence-electron chi connectivity index (χ4n) is 7.06. The number of nitrogens with zero attached hydrogens (tertiary/aromatic N) is 1. The molecule has 4 heterocycles. The maximum atomic E-state index is 14.2. The molecule has 7 rings (SSSR count). The Bertz CT molecular complexity index is 1770. The van der Waals surface area contributed by atoms with Crippen LogP contribution in [0.1, 0.15) is 16.7 Å². The van der Waals surface area contributed by atoms with E-state index in [0.29, 0.717) is 40.6 Å². The van der Waals surface area contributed by atoms with Crippen molar-refractivity contribution >= 4 is 45.9 Å². The predicted molar refractivity (Wildman–Crippen MR) is 158 cm³/mol. The number of ether oxygens (including phenoxy) is 2. The standard InChI is InChI=1S/C32H29ClN4O5/c1-41-24-11-10-17(14-25(24)42-2)12-13-37-29(38)26-23(15-18-16-34-22-9-4-3-6-19(18)22)36-32(27(26)30(37)39)20-7-5-8-21(33)28(20)35-31(32)40/h3-11,14,16,23,26-27,34,36H,12-13,15H2,1-2H3,(H,35,40)/t23-,26+,27+,32-/m0/s1. The number of halogens is 1. The van der Waals surface area contributed by atoms with Gasteiger partial charge in [0.25, 0.3) is 0 Å². The van der Waals surface area contributed by atoms with Crippen LogP contribution in [0.3, 0.4) is 0 Å². The lowest BCUT2D eigenvalue weighted by atomic mass is 9.76. The summed E-state index contributed by atoms with van der Waals surface area (Å²) in [4.78, 5) is 46.8.